The molecule has 2 bridgehead atoms. The molecule has 5 atom stereocenters. The van der Waals surface area contributed by atoms with Crippen molar-refractivity contribution in [1.29, 1.82) is 5.26 Å². The molecular weight excluding hydrogens is 703 g/mol. The zero-order valence-corrected chi connectivity index (χ0v) is 30.4. The zero-order valence-electron chi connectivity index (χ0n) is 29.6. The van der Waals surface area contributed by atoms with Crippen LogP contribution >= 0.6 is 11.3 Å². The molecule has 5 fully saturated rings. The van der Waals surface area contributed by atoms with Crippen LogP contribution in [0, 0.1) is 40.2 Å². The number of fused-ring (bicyclic) bond motifs is 7. The molecule has 0 spiro atoms. The van der Waals surface area contributed by atoms with Gasteiger partial charge in [0.15, 0.2) is 11.6 Å². The molecule has 278 valence electrons. The third kappa shape index (κ3) is 5.55. The average molecular weight is 745 g/mol. The van der Waals surface area contributed by atoms with E-state index >= 15 is 8.78 Å². The molecule has 4 saturated heterocycles. The van der Waals surface area contributed by atoms with E-state index < -0.39 is 17.7 Å². The predicted octanol–water partition coefficient (Wildman–Crippen LogP) is 4.44. The number of aliphatic hydroxyl groups excluding tert-OH is 1. The summed E-state index contributed by atoms with van der Waals surface area (Å²) in [5, 5.41) is 21.1. The fourth-order valence-corrected chi connectivity index (χ4v) is 10.8. The Hall–Kier alpha value is -3.78. The highest BCUT2D eigenvalue weighted by Gasteiger charge is 2.48. The van der Waals surface area contributed by atoms with Crippen molar-refractivity contribution in [3.05, 3.63) is 34.5 Å². The quantitative estimate of drug-likeness (QED) is 0.250. The number of hydrogen-bond acceptors (Lipinski definition) is 13. The summed E-state index contributed by atoms with van der Waals surface area (Å²) in [6.07, 6.45) is 4.60. The molecule has 53 heavy (non-hydrogen) atoms. The Kier molecular flexibility index (Phi) is 8.05. The minimum Gasteiger partial charge on any atom is -0.463 e. The van der Waals surface area contributed by atoms with Crippen LogP contribution in [0.15, 0.2) is 6.20 Å². The number of pyridine rings is 1. The Morgan fingerprint density at radius 2 is 1.79 bits per heavy atom. The van der Waals surface area contributed by atoms with Gasteiger partial charge in [0.05, 0.1) is 66.7 Å². The van der Waals surface area contributed by atoms with Gasteiger partial charge in [-0.05, 0) is 43.7 Å². The third-order valence-electron chi connectivity index (χ3n) is 12.5. The molecule has 5 aliphatic heterocycles. The summed E-state index contributed by atoms with van der Waals surface area (Å²) >= 11 is 0.952. The molecule has 10 rings (SSSR count). The van der Waals surface area contributed by atoms with E-state index in [9.17, 15) is 10.4 Å². The lowest BCUT2D eigenvalue weighted by Gasteiger charge is -2.42. The van der Waals surface area contributed by atoms with E-state index in [1.165, 1.54) is 0 Å². The van der Waals surface area contributed by atoms with Gasteiger partial charge in [-0.15, -0.1) is 11.3 Å². The van der Waals surface area contributed by atoms with Crippen molar-refractivity contribution in [2.24, 2.45) is 17.3 Å². The smallest absolute Gasteiger partial charge is 0.319 e. The van der Waals surface area contributed by atoms with Gasteiger partial charge in [-0.25, -0.2) is 8.78 Å². The van der Waals surface area contributed by atoms with Crippen LogP contribution in [0.3, 0.4) is 0 Å². The summed E-state index contributed by atoms with van der Waals surface area (Å²) in [6, 6.07) is 2.43. The SMILES string of the molecule is C[C@@H](O)CN1CC2CCC(C1)N2c1nc(OCC2(CN3C[C@H]4COC[C@H]4C3)CC2)nc2c(F)c(-c3ncc(F)c4sc(N)c(C#N)c34)c3c(c12)COC3. The van der Waals surface area contributed by atoms with Gasteiger partial charge in [0.1, 0.15) is 22.4 Å². The summed E-state index contributed by atoms with van der Waals surface area (Å²) in [5.74, 6) is 0.571. The fraction of sp³-hybridized carbons (Fsp3) is 0.579. The number of thiophene rings is 1. The minimum atomic E-state index is -0.640. The number of piperazine rings is 1. The Morgan fingerprint density at radius 3 is 2.49 bits per heavy atom. The highest BCUT2D eigenvalue weighted by atomic mass is 32.1. The van der Waals surface area contributed by atoms with Crippen LogP contribution < -0.4 is 15.4 Å². The second-order valence-corrected chi connectivity index (χ2v) is 17.3. The second-order valence-electron chi connectivity index (χ2n) is 16.2. The Labute approximate surface area is 309 Å². The third-order valence-corrected chi connectivity index (χ3v) is 13.5. The number of nitriles is 1. The van der Waals surface area contributed by atoms with Gasteiger partial charge in [0.25, 0.3) is 0 Å². The molecule has 12 nitrogen and oxygen atoms in total. The fourth-order valence-electron chi connectivity index (χ4n) is 9.87. The first-order valence-corrected chi connectivity index (χ1v) is 19.5. The van der Waals surface area contributed by atoms with Gasteiger partial charge in [0.2, 0.25) is 0 Å². The highest BCUT2D eigenvalue weighted by molar-refractivity contribution is 7.23. The first-order chi connectivity index (χ1) is 25.7. The number of nitrogens with two attached hydrogens (primary N) is 1. The van der Waals surface area contributed by atoms with Crippen LogP contribution in [0.4, 0.5) is 19.6 Å². The molecule has 6 aliphatic rings. The molecule has 0 amide bonds. The second kappa shape index (κ2) is 12.6. The number of β-amino-alcohol motifs (C(OH)–C–C–N with tert-alkyl or cyclic N) is 1. The van der Waals surface area contributed by atoms with Crippen molar-refractivity contribution < 1.29 is 28.1 Å². The van der Waals surface area contributed by atoms with E-state index in [0.29, 0.717) is 41.8 Å². The number of aliphatic hydroxyl groups is 1. The lowest BCUT2D eigenvalue weighted by molar-refractivity contribution is 0.111. The molecule has 0 radical (unpaired) electrons. The Morgan fingerprint density at radius 1 is 1.06 bits per heavy atom. The molecule has 3 N–H and O–H groups in total. The number of ether oxygens (including phenoxy) is 3. The molecular formula is C38H42F2N8O4S. The molecule has 8 heterocycles. The Balaban J connectivity index is 1.09. The van der Waals surface area contributed by atoms with Crippen LogP contribution in [0.25, 0.3) is 32.2 Å². The Bertz CT molecular complexity index is 2160. The van der Waals surface area contributed by atoms with Crippen molar-refractivity contribution >= 4 is 43.1 Å². The molecule has 2 unspecified atom stereocenters. The molecule has 4 aromatic rings. The van der Waals surface area contributed by atoms with Gasteiger partial charge in [-0.3, -0.25) is 9.88 Å². The predicted molar refractivity (Wildman–Crippen MR) is 194 cm³/mol. The molecule has 3 aromatic heterocycles. The van der Waals surface area contributed by atoms with E-state index in [-0.39, 0.29) is 74.1 Å². The van der Waals surface area contributed by atoms with Gasteiger partial charge in [0, 0.05) is 79.6 Å². The molecule has 1 aliphatic carbocycles. The molecule has 1 saturated carbocycles. The molecule has 1 aromatic carbocycles. The van der Waals surface area contributed by atoms with E-state index in [2.05, 4.69) is 25.8 Å². The van der Waals surface area contributed by atoms with Crippen molar-refractivity contribution in [3.63, 3.8) is 0 Å². The number of benzene rings is 1. The monoisotopic (exact) mass is 744 g/mol. The number of nitrogen functional groups attached to an aromatic ring is 1. The number of halogens is 2. The lowest BCUT2D eigenvalue weighted by atomic mass is 9.93. The first-order valence-electron chi connectivity index (χ1n) is 18.7. The number of aromatic nitrogens is 3. The maximum absolute atomic E-state index is 17.6. The van der Waals surface area contributed by atoms with E-state index in [0.717, 1.165) is 94.7 Å². The summed E-state index contributed by atoms with van der Waals surface area (Å²) < 4.78 is 51.1. The van der Waals surface area contributed by atoms with E-state index in [1.54, 1.807) is 0 Å². The standard InChI is InChI=1S/C38H42F2N8O4S/c1-19(49)8-46-11-22-2-3-23(12-46)48(22)36-30-26-16-51-15-25(26)28(32-29-24(6-41)35(42)53-34(29)27(39)7-43-32)31(40)33(30)44-37(45-36)52-18-38(4-5-38)17-47-9-20-13-50-14-21(20)10-47/h7,19-23,49H,2-5,8-18,42H2,1H3/t19-,20-,21+,22?,23?/m1/s1. The van der Waals surface area contributed by atoms with Crippen molar-refractivity contribution in [1.82, 2.24) is 24.8 Å². The number of anilines is 2. The van der Waals surface area contributed by atoms with Crippen LogP contribution in [-0.4, -0.2) is 107 Å². The van der Waals surface area contributed by atoms with Crippen molar-refractivity contribution in [3.8, 4) is 23.3 Å². The van der Waals surface area contributed by atoms with Crippen molar-refractivity contribution in [2.45, 2.75) is 64.0 Å². The van der Waals surface area contributed by atoms with Crippen LogP contribution in [0.1, 0.15) is 49.3 Å². The van der Waals surface area contributed by atoms with Crippen molar-refractivity contribution in [2.75, 3.05) is 69.7 Å². The number of hydrogen-bond donors (Lipinski definition) is 2. The summed E-state index contributed by atoms with van der Waals surface area (Å²) in [5.41, 5.74) is 7.94. The maximum Gasteiger partial charge on any atom is 0.319 e. The van der Waals surface area contributed by atoms with Gasteiger partial charge in [-0.1, -0.05) is 0 Å². The first kappa shape index (κ1) is 33.8. The minimum absolute atomic E-state index is 0.00465. The number of rotatable bonds is 9. The normalized spacial score (nSPS) is 26.7. The van der Waals surface area contributed by atoms with Crippen LogP contribution in [0.5, 0.6) is 6.01 Å². The largest absolute Gasteiger partial charge is 0.463 e. The summed E-state index contributed by atoms with van der Waals surface area (Å²) in [4.78, 5) is 21.5. The van der Waals surface area contributed by atoms with Gasteiger partial charge >= 0.3 is 6.01 Å². The zero-order chi connectivity index (χ0) is 36.2. The van der Waals surface area contributed by atoms with Gasteiger partial charge in [-0.2, -0.15) is 15.2 Å². The van der Waals surface area contributed by atoms with E-state index in [1.807, 2.05) is 6.92 Å². The molecule has 15 heteroatoms. The maximum atomic E-state index is 17.6. The lowest BCUT2D eigenvalue weighted by Crippen LogP contribution is -2.55. The average Bonchev–Trinajstić information content (AvgIpc) is 3.61. The topological polar surface area (TPSA) is 146 Å². The van der Waals surface area contributed by atoms with E-state index in [4.69, 9.17) is 29.9 Å². The van der Waals surface area contributed by atoms with Gasteiger partial charge < -0.3 is 34.9 Å². The highest BCUT2D eigenvalue weighted by Crippen LogP contribution is 2.50. The number of likely N-dealkylation sites (tertiary alicyclic amines) is 2. The summed E-state index contributed by atoms with van der Waals surface area (Å²) in [7, 11) is 0. The summed E-state index contributed by atoms with van der Waals surface area (Å²) in [6.45, 7) is 9.36. The van der Waals surface area contributed by atoms with Crippen LogP contribution in [0.2, 0.25) is 0 Å². The number of nitrogens with zero attached hydrogens (tertiary/aromatic N) is 7. The van der Waals surface area contributed by atoms with Crippen LogP contribution in [-0.2, 0) is 22.7 Å².